The predicted molar refractivity (Wildman–Crippen MR) is 77.7 cm³/mol. The molecule has 0 saturated carbocycles. The van der Waals surface area contributed by atoms with E-state index in [0.29, 0.717) is 5.13 Å². The minimum absolute atomic E-state index is 0.198. The first-order chi connectivity index (χ1) is 8.63. The van der Waals surface area contributed by atoms with Crippen LogP contribution < -0.4 is 10.5 Å². The topological polar surface area (TPSA) is 48.1 Å². The molecule has 0 aliphatic rings. The molecule has 0 atom stereocenters. The number of nitrogens with two attached hydrogens (primary N) is 1. The van der Waals surface area contributed by atoms with E-state index in [1.165, 1.54) is 11.3 Å². The predicted octanol–water partition coefficient (Wildman–Crippen LogP) is 3.68. The van der Waals surface area contributed by atoms with Crippen molar-refractivity contribution >= 4 is 28.6 Å². The summed E-state index contributed by atoms with van der Waals surface area (Å²) >= 11 is 1.44. The highest BCUT2D eigenvalue weighted by atomic mass is 32.1. The van der Waals surface area contributed by atoms with E-state index >= 15 is 0 Å². The number of aromatic nitrogens is 1. The van der Waals surface area contributed by atoms with Crippen LogP contribution in [0, 0.1) is 0 Å². The Labute approximate surface area is 111 Å². The summed E-state index contributed by atoms with van der Waals surface area (Å²) in [5.74, 6) is 0.889. The van der Waals surface area contributed by atoms with Gasteiger partial charge in [-0.15, -0.1) is 11.3 Å². The van der Waals surface area contributed by atoms with Crippen LogP contribution in [0.25, 0.3) is 12.2 Å². The molecule has 94 valence electrons. The van der Waals surface area contributed by atoms with E-state index in [9.17, 15) is 0 Å². The Morgan fingerprint density at radius 3 is 2.50 bits per heavy atom. The summed E-state index contributed by atoms with van der Waals surface area (Å²) in [4.78, 5) is 4.17. The number of hydrogen-bond donors (Lipinski definition) is 1. The number of ether oxygens (including phenoxy) is 1. The van der Waals surface area contributed by atoms with Crippen LogP contribution in [0.1, 0.15) is 25.1 Å². The summed E-state index contributed by atoms with van der Waals surface area (Å²) in [5, 5.41) is 2.53. The molecule has 3 nitrogen and oxygen atoms in total. The highest BCUT2D eigenvalue weighted by molar-refractivity contribution is 7.13. The molecule has 0 amide bonds. The van der Waals surface area contributed by atoms with E-state index in [1.54, 1.807) is 0 Å². The molecule has 0 aliphatic heterocycles. The van der Waals surface area contributed by atoms with Crippen molar-refractivity contribution in [2.75, 3.05) is 5.73 Å². The van der Waals surface area contributed by atoms with Gasteiger partial charge in [0.1, 0.15) is 5.75 Å². The molecule has 0 spiro atoms. The molecule has 0 aliphatic carbocycles. The molecule has 2 rings (SSSR count). The monoisotopic (exact) mass is 260 g/mol. The standard InChI is InChI=1S/C14H16N2OS/c1-10(2)17-13-7-4-11(5-8-13)3-6-12-9-18-14(15)16-12/h3-10H,1-2H3,(H2,15,16). The molecule has 1 heterocycles. The second kappa shape index (κ2) is 5.69. The van der Waals surface area contributed by atoms with Gasteiger partial charge in [0.2, 0.25) is 0 Å². The zero-order valence-electron chi connectivity index (χ0n) is 10.5. The maximum Gasteiger partial charge on any atom is 0.180 e. The molecule has 1 aromatic heterocycles. The van der Waals surface area contributed by atoms with E-state index in [4.69, 9.17) is 10.5 Å². The summed E-state index contributed by atoms with van der Waals surface area (Å²) in [5.41, 5.74) is 7.57. The quantitative estimate of drug-likeness (QED) is 0.912. The lowest BCUT2D eigenvalue weighted by molar-refractivity contribution is 0.242. The van der Waals surface area contributed by atoms with Gasteiger partial charge in [-0.3, -0.25) is 0 Å². The van der Waals surface area contributed by atoms with E-state index in [2.05, 4.69) is 4.98 Å². The van der Waals surface area contributed by atoms with Gasteiger partial charge in [0, 0.05) is 5.38 Å². The van der Waals surface area contributed by atoms with Crippen LogP contribution in [0.15, 0.2) is 29.6 Å². The van der Waals surface area contributed by atoms with Gasteiger partial charge in [0.05, 0.1) is 11.8 Å². The Morgan fingerprint density at radius 2 is 1.94 bits per heavy atom. The van der Waals surface area contributed by atoms with Crippen LogP contribution in [0.2, 0.25) is 0 Å². The van der Waals surface area contributed by atoms with Crippen LogP contribution in [0.4, 0.5) is 5.13 Å². The SMILES string of the molecule is CC(C)Oc1ccc(C=Cc2csc(N)n2)cc1. The Kier molecular flexibility index (Phi) is 3.99. The molecule has 0 bridgehead atoms. The molecule has 4 heteroatoms. The van der Waals surface area contributed by atoms with E-state index in [0.717, 1.165) is 17.0 Å². The second-order valence-electron chi connectivity index (χ2n) is 4.18. The van der Waals surface area contributed by atoms with Crippen molar-refractivity contribution < 1.29 is 4.74 Å². The van der Waals surface area contributed by atoms with E-state index in [-0.39, 0.29) is 6.10 Å². The number of rotatable bonds is 4. The number of hydrogen-bond acceptors (Lipinski definition) is 4. The van der Waals surface area contributed by atoms with Gasteiger partial charge < -0.3 is 10.5 Å². The Hall–Kier alpha value is -1.81. The van der Waals surface area contributed by atoms with Crippen LogP contribution in [-0.2, 0) is 0 Å². The molecule has 0 saturated heterocycles. The van der Waals surface area contributed by atoms with Gasteiger partial charge in [0.15, 0.2) is 5.13 Å². The van der Waals surface area contributed by atoms with Gasteiger partial charge in [-0.05, 0) is 37.6 Å². The van der Waals surface area contributed by atoms with Gasteiger partial charge in [0.25, 0.3) is 0 Å². The molecule has 0 radical (unpaired) electrons. The summed E-state index contributed by atoms with van der Waals surface area (Å²) in [6.07, 6.45) is 4.16. The maximum absolute atomic E-state index is 5.58. The number of nitrogens with zero attached hydrogens (tertiary/aromatic N) is 1. The van der Waals surface area contributed by atoms with Crippen molar-refractivity contribution in [1.29, 1.82) is 0 Å². The molecule has 1 aromatic carbocycles. The first-order valence-electron chi connectivity index (χ1n) is 5.79. The summed E-state index contributed by atoms with van der Waals surface area (Å²) < 4.78 is 5.58. The molecule has 0 unspecified atom stereocenters. The van der Waals surface area contributed by atoms with Crippen LogP contribution >= 0.6 is 11.3 Å². The summed E-state index contributed by atoms with van der Waals surface area (Å²) in [6.45, 7) is 4.03. The minimum atomic E-state index is 0.198. The second-order valence-corrected chi connectivity index (χ2v) is 5.07. The third-order valence-electron chi connectivity index (χ3n) is 2.24. The van der Waals surface area contributed by atoms with Gasteiger partial charge in [-0.1, -0.05) is 18.2 Å². The maximum atomic E-state index is 5.58. The average molecular weight is 260 g/mol. The average Bonchev–Trinajstić information content (AvgIpc) is 2.74. The van der Waals surface area contributed by atoms with E-state index in [1.807, 2.05) is 55.6 Å². The van der Waals surface area contributed by atoms with Crippen molar-refractivity contribution in [1.82, 2.24) is 4.98 Å². The lowest BCUT2D eigenvalue weighted by atomic mass is 10.2. The first-order valence-corrected chi connectivity index (χ1v) is 6.67. The summed E-state index contributed by atoms with van der Waals surface area (Å²) in [6, 6.07) is 7.97. The fourth-order valence-electron chi connectivity index (χ4n) is 1.49. The smallest absolute Gasteiger partial charge is 0.180 e. The fourth-order valence-corrected chi connectivity index (χ4v) is 2.02. The molecule has 2 N–H and O–H groups in total. The van der Waals surface area contributed by atoms with Crippen LogP contribution in [-0.4, -0.2) is 11.1 Å². The minimum Gasteiger partial charge on any atom is -0.491 e. The zero-order valence-corrected chi connectivity index (χ0v) is 11.3. The highest BCUT2D eigenvalue weighted by Crippen LogP contribution is 2.17. The van der Waals surface area contributed by atoms with Crippen LogP contribution in [0.5, 0.6) is 5.75 Å². The summed E-state index contributed by atoms with van der Waals surface area (Å²) in [7, 11) is 0. The van der Waals surface area contributed by atoms with Gasteiger partial charge in [-0.25, -0.2) is 4.98 Å². The zero-order chi connectivity index (χ0) is 13.0. The van der Waals surface area contributed by atoms with Crippen molar-refractivity contribution in [3.8, 4) is 5.75 Å². The van der Waals surface area contributed by atoms with Gasteiger partial charge in [-0.2, -0.15) is 0 Å². The normalized spacial score (nSPS) is 11.3. The molecular formula is C14H16N2OS. The molecule has 0 fully saturated rings. The first kappa shape index (κ1) is 12.6. The van der Waals surface area contributed by atoms with Crippen molar-refractivity contribution in [2.45, 2.75) is 20.0 Å². The number of thiazole rings is 1. The third-order valence-corrected chi connectivity index (χ3v) is 2.93. The number of anilines is 1. The number of nitrogen functional groups attached to an aromatic ring is 1. The van der Waals surface area contributed by atoms with Gasteiger partial charge >= 0.3 is 0 Å². The Balaban J connectivity index is 2.04. The third kappa shape index (κ3) is 3.60. The van der Waals surface area contributed by atoms with Crippen molar-refractivity contribution in [3.63, 3.8) is 0 Å². The lowest BCUT2D eigenvalue weighted by Crippen LogP contribution is -2.05. The Morgan fingerprint density at radius 1 is 1.22 bits per heavy atom. The molecule has 2 aromatic rings. The fraction of sp³-hybridized carbons (Fsp3) is 0.214. The molecular weight excluding hydrogens is 244 g/mol. The largest absolute Gasteiger partial charge is 0.491 e. The number of benzene rings is 1. The highest BCUT2D eigenvalue weighted by Gasteiger charge is 1.97. The van der Waals surface area contributed by atoms with Crippen molar-refractivity contribution in [2.24, 2.45) is 0 Å². The van der Waals surface area contributed by atoms with Crippen LogP contribution in [0.3, 0.4) is 0 Å². The van der Waals surface area contributed by atoms with Crippen molar-refractivity contribution in [3.05, 3.63) is 40.9 Å². The molecule has 18 heavy (non-hydrogen) atoms. The lowest BCUT2D eigenvalue weighted by Gasteiger charge is -2.09. The Bertz CT molecular complexity index is 529. The van der Waals surface area contributed by atoms with E-state index < -0.39 is 0 Å².